The van der Waals surface area contributed by atoms with E-state index in [1.807, 2.05) is 6.92 Å². The highest BCUT2D eigenvalue weighted by Gasteiger charge is 2.26. The number of nitrogens with two attached hydrogens (primary N) is 1. The van der Waals surface area contributed by atoms with Gasteiger partial charge in [-0.2, -0.15) is 5.10 Å². The molecule has 3 N–H and O–H groups in total. The SMILES string of the molecule is CCc1nc(N)c2c(-c3ccc([N+](=O)[O-])cc3)c(C(=O)O)c(Br)n2n1. The Morgan fingerprint density at radius 3 is 2.56 bits per heavy atom. The average Bonchev–Trinajstić information content (AvgIpc) is 2.88. The predicted molar refractivity (Wildman–Crippen MR) is 93.5 cm³/mol. The molecule has 3 aromatic rings. The Morgan fingerprint density at radius 2 is 2.04 bits per heavy atom. The molecule has 0 unspecified atom stereocenters. The van der Waals surface area contributed by atoms with Gasteiger partial charge in [0, 0.05) is 24.1 Å². The fourth-order valence-corrected chi connectivity index (χ4v) is 3.19. The topological polar surface area (TPSA) is 137 Å². The van der Waals surface area contributed by atoms with Gasteiger partial charge in [0.15, 0.2) is 11.6 Å². The molecule has 0 aliphatic rings. The van der Waals surface area contributed by atoms with Crippen molar-refractivity contribution in [1.82, 2.24) is 14.6 Å². The zero-order chi connectivity index (χ0) is 18.3. The number of carboxylic acid groups (broad SMARTS) is 1. The van der Waals surface area contributed by atoms with Crippen LogP contribution in [-0.2, 0) is 6.42 Å². The van der Waals surface area contributed by atoms with Crippen LogP contribution in [0.1, 0.15) is 23.1 Å². The van der Waals surface area contributed by atoms with Crippen LogP contribution in [0.3, 0.4) is 0 Å². The normalized spacial score (nSPS) is 11.0. The van der Waals surface area contributed by atoms with E-state index in [4.69, 9.17) is 5.73 Å². The van der Waals surface area contributed by atoms with E-state index in [-0.39, 0.29) is 21.7 Å². The van der Waals surface area contributed by atoms with Gasteiger partial charge in [-0.25, -0.2) is 14.3 Å². The van der Waals surface area contributed by atoms with Crippen molar-refractivity contribution in [3.05, 3.63) is 50.4 Å². The van der Waals surface area contributed by atoms with Gasteiger partial charge in [-0.05, 0) is 33.6 Å². The molecular formula is C15H12BrN5O4. The van der Waals surface area contributed by atoms with E-state index in [0.29, 0.717) is 28.9 Å². The van der Waals surface area contributed by atoms with Crippen LogP contribution in [0.5, 0.6) is 0 Å². The Bertz CT molecular complexity index is 1010. The Kier molecular flexibility index (Phi) is 4.13. The minimum absolute atomic E-state index is 0.0388. The maximum atomic E-state index is 11.8. The highest BCUT2D eigenvalue weighted by atomic mass is 79.9. The molecule has 0 saturated carbocycles. The first kappa shape index (κ1) is 16.8. The van der Waals surface area contributed by atoms with E-state index >= 15 is 0 Å². The van der Waals surface area contributed by atoms with E-state index in [1.165, 1.54) is 28.8 Å². The lowest BCUT2D eigenvalue weighted by molar-refractivity contribution is -0.384. The number of nitro groups is 1. The predicted octanol–water partition coefficient (Wildman–Crippen LogP) is 2.91. The van der Waals surface area contributed by atoms with Gasteiger partial charge in [-0.3, -0.25) is 10.1 Å². The molecular weight excluding hydrogens is 394 g/mol. The van der Waals surface area contributed by atoms with Gasteiger partial charge in [-0.15, -0.1) is 0 Å². The maximum Gasteiger partial charge on any atom is 0.339 e. The number of halogens is 1. The van der Waals surface area contributed by atoms with Crippen molar-refractivity contribution in [2.24, 2.45) is 0 Å². The first-order valence-corrected chi connectivity index (χ1v) is 7.99. The summed E-state index contributed by atoms with van der Waals surface area (Å²) in [7, 11) is 0. The zero-order valence-electron chi connectivity index (χ0n) is 12.9. The van der Waals surface area contributed by atoms with Crippen molar-refractivity contribution in [2.75, 3.05) is 5.73 Å². The Hall–Kier alpha value is -3.01. The molecule has 3 rings (SSSR count). The largest absolute Gasteiger partial charge is 0.478 e. The van der Waals surface area contributed by atoms with E-state index in [2.05, 4.69) is 26.0 Å². The average molecular weight is 406 g/mol. The summed E-state index contributed by atoms with van der Waals surface area (Å²) in [5, 5.41) is 24.7. The van der Waals surface area contributed by atoms with Gasteiger partial charge in [0.25, 0.3) is 5.69 Å². The molecule has 2 aromatic heterocycles. The smallest absolute Gasteiger partial charge is 0.339 e. The summed E-state index contributed by atoms with van der Waals surface area (Å²) in [5.74, 6) is -0.579. The summed E-state index contributed by atoms with van der Waals surface area (Å²) >= 11 is 3.26. The number of anilines is 1. The van der Waals surface area contributed by atoms with Crippen molar-refractivity contribution in [2.45, 2.75) is 13.3 Å². The lowest BCUT2D eigenvalue weighted by Crippen LogP contribution is -2.05. The number of benzene rings is 1. The minimum atomic E-state index is -1.18. The van der Waals surface area contributed by atoms with Crippen molar-refractivity contribution >= 4 is 38.9 Å². The molecule has 0 aliphatic carbocycles. The molecule has 128 valence electrons. The van der Waals surface area contributed by atoms with Gasteiger partial charge in [0.2, 0.25) is 0 Å². The fourth-order valence-electron chi connectivity index (χ4n) is 2.57. The third kappa shape index (κ3) is 2.70. The number of non-ortho nitro benzene ring substituents is 1. The molecule has 10 heteroatoms. The number of carbonyl (C=O) groups is 1. The monoisotopic (exact) mass is 405 g/mol. The number of hydrogen-bond acceptors (Lipinski definition) is 6. The number of nitro benzene ring substituents is 1. The highest BCUT2D eigenvalue weighted by molar-refractivity contribution is 9.10. The molecule has 9 nitrogen and oxygen atoms in total. The molecule has 0 fully saturated rings. The van der Waals surface area contributed by atoms with Crippen molar-refractivity contribution in [1.29, 1.82) is 0 Å². The summed E-state index contributed by atoms with van der Waals surface area (Å²) in [6.45, 7) is 1.85. The molecule has 0 spiro atoms. The number of fused-ring (bicyclic) bond motifs is 1. The first-order valence-electron chi connectivity index (χ1n) is 7.19. The molecule has 0 amide bonds. The Morgan fingerprint density at radius 1 is 1.40 bits per heavy atom. The summed E-state index contributed by atoms with van der Waals surface area (Å²) in [6, 6.07) is 5.55. The first-order chi connectivity index (χ1) is 11.8. The van der Waals surface area contributed by atoms with Gasteiger partial charge in [0.05, 0.1) is 4.92 Å². The molecule has 0 saturated heterocycles. The standard InChI is InChI=1S/C15H12BrN5O4/c1-2-9-18-14(17)12-10(7-3-5-8(6-4-7)21(24)25)11(15(22)23)13(16)20(12)19-9/h3-6H,2H2,1H3,(H,22,23)(H2,17,18,19). The number of nitrogens with zero attached hydrogens (tertiary/aromatic N) is 4. The van der Waals surface area contributed by atoms with Gasteiger partial charge >= 0.3 is 5.97 Å². The number of hydrogen-bond donors (Lipinski definition) is 2. The molecule has 0 aliphatic heterocycles. The molecule has 0 atom stereocenters. The van der Waals surface area contributed by atoms with Crippen molar-refractivity contribution < 1.29 is 14.8 Å². The van der Waals surface area contributed by atoms with Crippen LogP contribution < -0.4 is 5.73 Å². The summed E-state index contributed by atoms with van der Waals surface area (Å²) in [6.07, 6.45) is 0.528. The Labute approximate surface area is 149 Å². The number of aryl methyl sites for hydroxylation is 1. The zero-order valence-corrected chi connectivity index (χ0v) is 14.5. The third-order valence-electron chi connectivity index (χ3n) is 3.70. The van der Waals surface area contributed by atoms with E-state index < -0.39 is 10.9 Å². The van der Waals surface area contributed by atoms with E-state index in [0.717, 1.165) is 0 Å². The lowest BCUT2D eigenvalue weighted by Gasteiger charge is -2.05. The van der Waals surface area contributed by atoms with Crippen LogP contribution in [0.2, 0.25) is 0 Å². The van der Waals surface area contributed by atoms with Gasteiger partial charge < -0.3 is 10.8 Å². The molecule has 0 radical (unpaired) electrons. The van der Waals surface area contributed by atoms with Crippen molar-refractivity contribution in [3.63, 3.8) is 0 Å². The van der Waals surface area contributed by atoms with Crippen LogP contribution in [0, 0.1) is 10.1 Å². The number of carboxylic acids is 1. The van der Waals surface area contributed by atoms with E-state index in [1.54, 1.807) is 0 Å². The maximum absolute atomic E-state index is 11.8. The van der Waals surface area contributed by atoms with Gasteiger partial charge in [0.1, 0.15) is 15.7 Å². The minimum Gasteiger partial charge on any atom is -0.478 e. The van der Waals surface area contributed by atoms with Crippen LogP contribution in [0.4, 0.5) is 11.5 Å². The van der Waals surface area contributed by atoms with E-state index in [9.17, 15) is 20.0 Å². The van der Waals surface area contributed by atoms with Gasteiger partial charge in [-0.1, -0.05) is 6.92 Å². The fraction of sp³-hybridized carbons (Fsp3) is 0.133. The summed E-state index contributed by atoms with van der Waals surface area (Å²) < 4.78 is 1.62. The second-order valence-electron chi connectivity index (χ2n) is 5.18. The number of nitrogen functional groups attached to an aromatic ring is 1. The highest BCUT2D eigenvalue weighted by Crippen LogP contribution is 2.38. The van der Waals surface area contributed by atoms with Crippen molar-refractivity contribution in [3.8, 4) is 11.1 Å². The second kappa shape index (κ2) is 6.13. The van der Waals surface area contributed by atoms with Crippen LogP contribution in [0.25, 0.3) is 16.6 Å². The van der Waals surface area contributed by atoms with Crippen LogP contribution >= 0.6 is 15.9 Å². The molecule has 0 bridgehead atoms. The summed E-state index contributed by atoms with van der Waals surface area (Å²) in [4.78, 5) is 26.3. The molecule has 25 heavy (non-hydrogen) atoms. The quantitative estimate of drug-likeness (QED) is 0.502. The number of aromatic nitrogens is 3. The van der Waals surface area contributed by atoms with Crippen LogP contribution in [0.15, 0.2) is 28.9 Å². The molecule has 2 heterocycles. The summed E-state index contributed by atoms with van der Waals surface area (Å²) in [5.41, 5.74) is 7.00. The number of rotatable bonds is 4. The third-order valence-corrected chi connectivity index (χ3v) is 4.43. The lowest BCUT2D eigenvalue weighted by atomic mass is 10.0. The molecule has 1 aromatic carbocycles. The van der Waals surface area contributed by atoms with Crippen LogP contribution in [-0.4, -0.2) is 30.6 Å². The Balaban J connectivity index is 2.38. The number of aromatic carboxylic acids is 1. The second-order valence-corrected chi connectivity index (χ2v) is 5.93.